The molecule has 0 saturated heterocycles. The van der Waals surface area contributed by atoms with E-state index >= 15 is 0 Å². The van der Waals surface area contributed by atoms with Crippen molar-refractivity contribution in [2.75, 3.05) is 11.9 Å². The van der Waals surface area contributed by atoms with Crippen LogP contribution in [0.4, 0.5) is 11.5 Å². The van der Waals surface area contributed by atoms with Crippen molar-refractivity contribution in [1.29, 1.82) is 0 Å². The second-order valence-corrected chi connectivity index (χ2v) is 5.57. The molecule has 0 fully saturated rings. The Morgan fingerprint density at radius 3 is 2.57 bits per heavy atom. The molecule has 0 amide bonds. The molecule has 1 unspecified atom stereocenters. The van der Waals surface area contributed by atoms with Gasteiger partial charge in [-0.2, -0.15) is 5.10 Å². The van der Waals surface area contributed by atoms with Gasteiger partial charge in [-0.15, -0.1) is 0 Å². The van der Waals surface area contributed by atoms with E-state index in [1.54, 1.807) is 11.7 Å². The third kappa shape index (κ3) is 4.72. The minimum atomic E-state index is -0.312. The smallest absolute Gasteiger partial charge is 0.333 e. The number of aryl methyl sites for hydroxylation is 2. The van der Waals surface area contributed by atoms with Crippen molar-refractivity contribution in [1.82, 2.24) is 9.78 Å². The summed E-state index contributed by atoms with van der Waals surface area (Å²) in [5, 5.41) is 18.9. The molecular formula is C15H28N4O2. The number of unbranched alkanes of at least 4 members (excludes halogenated alkanes) is 1. The Kier molecular flexibility index (Phi) is 7.19. The van der Waals surface area contributed by atoms with Gasteiger partial charge in [-0.25, -0.2) is 4.68 Å². The largest absolute Gasteiger partial charge is 0.364 e. The number of hydrogen-bond acceptors (Lipinski definition) is 4. The van der Waals surface area contributed by atoms with Gasteiger partial charge < -0.3 is 5.32 Å². The molecule has 120 valence electrons. The topological polar surface area (TPSA) is 73.0 Å². The zero-order chi connectivity index (χ0) is 15.8. The summed E-state index contributed by atoms with van der Waals surface area (Å²) in [6.45, 7) is 7.12. The van der Waals surface area contributed by atoms with Gasteiger partial charge in [-0.3, -0.25) is 10.1 Å². The molecule has 0 saturated carbocycles. The van der Waals surface area contributed by atoms with Crippen LogP contribution in [0, 0.1) is 16.0 Å². The van der Waals surface area contributed by atoms with E-state index in [4.69, 9.17) is 0 Å². The van der Waals surface area contributed by atoms with Crippen molar-refractivity contribution in [2.45, 2.75) is 59.3 Å². The Morgan fingerprint density at radius 2 is 2.05 bits per heavy atom. The van der Waals surface area contributed by atoms with Gasteiger partial charge in [0, 0.05) is 13.6 Å². The molecule has 0 bridgehead atoms. The Morgan fingerprint density at radius 1 is 1.33 bits per heavy atom. The van der Waals surface area contributed by atoms with Crippen LogP contribution >= 0.6 is 0 Å². The Balaban J connectivity index is 2.84. The normalized spacial score (nSPS) is 12.4. The fourth-order valence-corrected chi connectivity index (χ4v) is 2.55. The monoisotopic (exact) mass is 296 g/mol. The van der Waals surface area contributed by atoms with E-state index in [1.165, 1.54) is 12.8 Å². The van der Waals surface area contributed by atoms with Crippen LogP contribution in [0.25, 0.3) is 0 Å². The van der Waals surface area contributed by atoms with Crippen molar-refractivity contribution in [3.8, 4) is 0 Å². The highest BCUT2D eigenvalue weighted by atomic mass is 16.6. The summed E-state index contributed by atoms with van der Waals surface area (Å²) < 4.78 is 1.61. The zero-order valence-corrected chi connectivity index (χ0v) is 13.7. The maximum atomic E-state index is 11.3. The lowest BCUT2D eigenvalue weighted by Crippen LogP contribution is -2.16. The molecule has 21 heavy (non-hydrogen) atoms. The van der Waals surface area contributed by atoms with E-state index < -0.39 is 0 Å². The predicted molar refractivity (Wildman–Crippen MR) is 85.7 cm³/mol. The first-order valence-corrected chi connectivity index (χ1v) is 7.99. The number of rotatable bonds is 10. The number of nitrogens with one attached hydrogen (secondary N) is 1. The van der Waals surface area contributed by atoms with Gasteiger partial charge in [0.25, 0.3) is 0 Å². The molecule has 0 aliphatic heterocycles. The van der Waals surface area contributed by atoms with Crippen LogP contribution in [0.1, 0.15) is 58.6 Å². The van der Waals surface area contributed by atoms with E-state index in [0.717, 1.165) is 25.8 Å². The first-order chi connectivity index (χ1) is 10.0. The van der Waals surface area contributed by atoms with Gasteiger partial charge in [0.05, 0.1) is 4.92 Å². The minimum Gasteiger partial charge on any atom is -0.364 e. The van der Waals surface area contributed by atoms with E-state index in [9.17, 15) is 10.1 Å². The van der Waals surface area contributed by atoms with Gasteiger partial charge in [0.1, 0.15) is 5.69 Å². The molecule has 6 heteroatoms. The molecule has 1 aromatic heterocycles. The molecule has 1 heterocycles. The van der Waals surface area contributed by atoms with Crippen LogP contribution in [0.5, 0.6) is 0 Å². The summed E-state index contributed by atoms with van der Waals surface area (Å²) >= 11 is 0. The lowest BCUT2D eigenvalue weighted by Gasteiger charge is -2.15. The third-order valence-electron chi connectivity index (χ3n) is 3.86. The van der Waals surface area contributed by atoms with Crippen molar-refractivity contribution < 1.29 is 4.92 Å². The summed E-state index contributed by atoms with van der Waals surface area (Å²) in [6.07, 6.45) is 6.12. The van der Waals surface area contributed by atoms with Crippen LogP contribution in [0.2, 0.25) is 0 Å². The summed E-state index contributed by atoms with van der Waals surface area (Å²) in [5.74, 6) is 1.09. The van der Waals surface area contributed by atoms with Crippen molar-refractivity contribution >= 4 is 11.5 Å². The molecule has 0 aliphatic carbocycles. The molecular weight excluding hydrogens is 268 g/mol. The Labute approximate surface area is 127 Å². The quantitative estimate of drug-likeness (QED) is 0.525. The first-order valence-electron chi connectivity index (χ1n) is 7.99. The fraction of sp³-hybridized carbons (Fsp3) is 0.800. The van der Waals surface area contributed by atoms with Crippen LogP contribution < -0.4 is 5.32 Å². The van der Waals surface area contributed by atoms with Gasteiger partial charge in [0.15, 0.2) is 0 Å². The zero-order valence-electron chi connectivity index (χ0n) is 13.7. The molecule has 1 aromatic rings. The fourth-order valence-electron chi connectivity index (χ4n) is 2.55. The average Bonchev–Trinajstić information content (AvgIpc) is 2.75. The lowest BCUT2D eigenvalue weighted by atomic mass is 9.99. The molecule has 1 N–H and O–H groups in total. The number of nitrogens with zero attached hydrogens (tertiary/aromatic N) is 3. The van der Waals surface area contributed by atoms with Crippen LogP contribution in [-0.2, 0) is 13.5 Å². The highest BCUT2D eigenvalue weighted by molar-refractivity contribution is 5.59. The molecule has 1 atom stereocenters. The van der Waals surface area contributed by atoms with Gasteiger partial charge in [-0.05, 0) is 18.8 Å². The Bertz CT molecular complexity index is 457. The maximum Gasteiger partial charge on any atom is 0.333 e. The van der Waals surface area contributed by atoms with Gasteiger partial charge in [0.2, 0.25) is 5.82 Å². The molecule has 0 aliphatic rings. The third-order valence-corrected chi connectivity index (χ3v) is 3.86. The summed E-state index contributed by atoms with van der Waals surface area (Å²) in [4.78, 5) is 11.0. The predicted octanol–water partition coefficient (Wildman–Crippen LogP) is 3.91. The summed E-state index contributed by atoms with van der Waals surface area (Å²) in [5.41, 5.74) is 0.721. The SMILES string of the molecule is CCCCC(CC)CNc1c([N+](=O)[O-])c(CCC)nn1C. The van der Waals surface area contributed by atoms with E-state index in [1.807, 2.05) is 6.92 Å². The molecule has 0 spiro atoms. The first kappa shape index (κ1) is 17.5. The van der Waals surface area contributed by atoms with Gasteiger partial charge in [-0.1, -0.05) is 46.5 Å². The van der Waals surface area contributed by atoms with E-state index in [2.05, 4.69) is 24.3 Å². The lowest BCUT2D eigenvalue weighted by molar-refractivity contribution is -0.384. The number of anilines is 1. The highest BCUT2D eigenvalue weighted by Crippen LogP contribution is 2.29. The standard InChI is InChI=1S/C15H28N4O2/c1-5-8-10-12(7-3)11-16-15-14(19(20)21)13(9-6-2)17-18(15)4/h12,16H,5-11H2,1-4H3. The summed E-state index contributed by atoms with van der Waals surface area (Å²) in [7, 11) is 1.77. The van der Waals surface area contributed by atoms with Crippen molar-refractivity contribution in [2.24, 2.45) is 13.0 Å². The van der Waals surface area contributed by atoms with Crippen molar-refractivity contribution in [3.05, 3.63) is 15.8 Å². The second-order valence-electron chi connectivity index (χ2n) is 5.57. The molecule has 1 rings (SSSR count). The van der Waals surface area contributed by atoms with Crippen LogP contribution in [0.15, 0.2) is 0 Å². The number of nitro groups is 1. The van der Waals surface area contributed by atoms with Crippen LogP contribution in [-0.4, -0.2) is 21.2 Å². The van der Waals surface area contributed by atoms with E-state index in [0.29, 0.717) is 23.9 Å². The second kappa shape index (κ2) is 8.64. The Hall–Kier alpha value is -1.59. The maximum absolute atomic E-state index is 11.3. The number of aromatic nitrogens is 2. The highest BCUT2D eigenvalue weighted by Gasteiger charge is 2.26. The molecule has 0 radical (unpaired) electrons. The average molecular weight is 296 g/mol. The van der Waals surface area contributed by atoms with Gasteiger partial charge >= 0.3 is 5.69 Å². The minimum absolute atomic E-state index is 0.143. The molecule has 6 nitrogen and oxygen atoms in total. The number of hydrogen-bond donors (Lipinski definition) is 1. The van der Waals surface area contributed by atoms with E-state index in [-0.39, 0.29) is 10.6 Å². The molecule has 0 aromatic carbocycles. The summed E-state index contributed by atoms with van der Waals surface area (Å²) in [6, 6.07) is 0. The van der Waals surface area contributed by atoms with Crippen LogP contribution in [0.3, 0.4) is 0 Å². The van der Waals surface area contributed by atoms with Crippen molar-refractivity contribution in [3.63, 3.8) is 0 Å².